The van der Waals surface area contributed by atoms with E-state index in [1.807, 2.05) is 68.5 Å². The van der Waals surface area contributed by atoms with Gasteiger partial charge in [-0.25, -0.2) is 4.99 Å². The first-order valence-corrected chi connectivity index (χ1v) is 13.6. The second kappa shape index (κ2) is 12.1. The Bertz CT molecular complexity index is 1420. The molecule has 1 N–H and O–H groups in total. The summed E-state index contributed by atoms with van der Waals surface area (Å²) in [5.41, 5.74) is 3.72. The third-order valence-electron chi connectivity index (χ3n) is 6.84. The van der Waals surface area contributed by atoms with Crippen LogP contribution in [0.3, 0.4) is 0 Å². The number of hydrogen-bond acceptors (Lipinski definition) is 7. The molecule has 0 saturated carbocycles. The normalized spacial score (nSPS) is 19.5. The van der Waals surface area contributed by atoms with Gasteiger partial charge in [-0.2, -0.15) is 4.98 Å². The van der Waals surface area contributed by atoms with E-state index in [1.165, 1.54) is 0 Å². The Morgan fingerprint density at radius 2 is 1.97 bits per heavy atom. The minimum Gasteiger partial charge on any atom is -0.381 e. The number of nitrogens with zero attached hydrogens (tertiary/aromatic N) is 4. The number of aryl methyl sites for hydroxylation is 1. The number of carbonyl (C=O) groups excluding carboxylic acids is 1. The number of amidine groups is 1. The van der Waals surface area contributed by atoms with Gasteiger partial charge in [0.25, 0.3) is 5.91 Å². The molecule has 1 fully saturated rings. The maximum Gasteiger partial charge on any atom is 0.260 e. The van der Waals surface area contributed by atoms with Crippen molar-refractivity contribution in [2.75, 3.05) is 13.2 Å². The number of aromatic nitrogens is 2. The number of ether oxygens (including phenoxy) is 1. The predicted molar refractivity (Wildman–Crippen MR) is 152 cm³/mol. The number of amides is 1. The van der Waals surface area contributed by atoms with Gasteiger partial charge in [-0.15, -0.1) is 0 Å². The number of allylic oxidation sites excluding steroid dienone is 1. The number of nitrogens with one attached hydrogen (secondary N) is 1. The Kier molecular flexibility index (Phi) is 8.35. The summed E-state index contributed by atoms with van der Waals surface area (Å²) < 4.78 is 10.6. The van der Waals surface area contributed by atoms with E-state index in [-0.39, 0.29) is 12.1 Å². The molecule has 202 valence electrons. The Balaban J connectivity index is 1.51. The topological polar surface area (TPSA) is 92.9 Å². The van der Waals surface area contributed by atoms with Gasteiger partial charge >= 0.3 is 0 Å². The number of rotatable bonds is 7. The molecule has 3 aromatic rings. The van der Waals surface area contributed by atoms with Crippen LogP contribution in [0.4, 0.5) is 0 Å². The molecule has 5 rings (SSSR count). The van der Waals surface area contributed by atoms with Crippen molar-refractivity contribution in [2.45, 2.75) is 52.4 Å². The molecule has 1 aromatic heterocycles. The van der Waals surface area contributed by atoms with Crippen LogP contribution in [-0.2, 0) is 16.1 Å². The molecule has 2 aliphatic rings. The zero-order chi connectivity index (χ0) is 27.4. The van der Waals surface area contributed by atoms with E-state index in [0.29, 0.717) is 51.9 Å². The molecule has 9 heteroatoms. The first kappa shape index (κ1) is 27.0. The highest BCUT2D eigenvalue weighted by molar-refractivity contribution is 6.37. The molecule has 1 saturated heterocycles. The first-order valence-electron chi connectivity index (χ1n) is 13.2. The molecule has 1 atom stereocenters. The Hall–Kier alpha value is -3.59. The first-order chi connectivity index (χ1) is 18.9. The van der Waals surface area contributed by atoms with Crippen molar-refractivity contribution < 1.29 is 14.1 Å². The van der Waals surface area contributed by atoms with E-state index in [2.05, 4.69) is 15.5 Å². The van der Waals surface area contributed by atoms with Crippen molar-refractivity contribution in [3.63, 3.8) is 0 Å². The molecule has 2 aliphatic heterocycles. The number of halogens is 1. The van der Waals surface area contributed by atoms with Gasteiger partial charge in [0.05, 0.1) is 12.7 Å². The summed E-state index contributed by atoms with van der Waals surface area (Å²) in [6.45, 7) is 7.59. The number of carbonyl (C=O) groups is 1. The van der Waals surface area contributed by atoms with Crippen molar-refractivity contribution in [3.8, 4) is 11.4 Å². The van der Waals surface area contributed by atoms with Crippen molar-refractivity contribution >= 4 is 28.9 Å². The van der Waals surface area contributed by atoms with Crippen LogP contribution in [-0.4, -0.2) is 52.2 Å². The molecular weight excluding hydrogens is 514 g/mol. The van der Waals surface area contributed by atoms with Crippen molar-refractivity contribution in [1.82, 2.24) is 20.4 Å². The van der Waals surface area contributed by atoms with Gasteiger partial charge in [0.2, 0.25) is 11.7 Å². The van der Waals surface area contributed by atoms with Crippen LogP contribution in [0.5, 0.6) is 0 Å². The van der Waals surface area contributed by atoms with Gasteiger partial charge in [-0.1, -0.05) is 65.3 Å². The Morgan fingerprint density at radius 1 is 1.21 bits per heavy atom. The average Bonchev–Trinajstić information content (AvgIpc) is 3.38. The highest BCUT2D eigenvalue weighted by Crippen LogP contribution is 2.34. The number of benzene rings is 2. The third kappa shape index (κ3) is 6.19. The van der Waals surface area contributed by atoms with E-state index in [1.54, 1.807) is 17.9 Å². The summed E-state index contributed by atoms with van der Waals surface area (Å²) in [6.07, 6.45) is 5.57. The monoisotopic (exact) mass is 545 g/mol. The average molecular weight is 546 g/mol. The quantitative estimate of drug-likeness (QED) is 0.416. The lowest BCUT2D eigenvalue weighted by atomic mass is 9.95. The van der Waals surface area contributed by atoms with Gasteiger partial charge in [0, 0.05) is 53.5 Å². The molecule has 3 heterocycles. The zero-order valence-electron chi connectivity index (χ0n) is 22.4. The Labute approximate surface area is 233 Å². The summed E-state index contributed by atoms with van der Waals surface area (Å²) >= 11 is 6.75. The lowest BCUT2D eigenvalue weighted by Gasteiger charge is -2.32. The predicted octanol–water partition coefficient (Wildman–Crippen LogP) is 5.58. The van der Waals surface area contributed by atoms with Gasteiger partial charge in [0.15, 0.2) is 0 Å². The van der Waals surface area contributed by atoms with E-state index < -0.39 is 0 Å². The molecule has 8 nitrogen and oxygen atoms in total. The van der Waals surface area contributed by atoms with Crippen LogP contribution in [0.15, 0.2) is 75.8 Å². The van der Waals surface area contributed by atoms with Crippen molar-refractivity contribution in [3.05, 3.63) is 88.3 Å². The molecule has 1 amide bonds. The highest BCUT2D eigenvalue weighted by Gasteiger charge is 2.32. The van der Waals surface area contributed by atoms with E-state index in [4.69, 9.17) is 25.9 Å². The minimum atomic E-state index is -0.180. The summed E-state index contributed by atoms with van der Waals surface area (Å²) in [6, 6.07) is 15.7. The lowest BCUT2D eigenvalue weighted by molar-refractivity contribution is -0.122. The molecule has 0 radical (unpaired) electrons. The van der Waals surface area contributed by atoms with Crippen LogP contribution in [0, 0.1) is 6.92 Å². The van der Waals surface area contributed by atoms with Gasteiger partial charge in [-0.05, 0) is 44.4 Å². The lowest BCUT2D eigenvalue weighted by Crippen LogP contribution is -2.44. The largest absolute Gasteiger partial charge is 0.381 e. The van der Waals surface area contributed by atoms with Crippen LogP contribution in [0.1, 0.15) is 43.7 Å². The molecule has 2 aromatic carbocycles. The van der Waals surface area contributed by atoms with Crippen LogP contribution in [0.2, 0.25) is 5.02 Å². The summed E-state index contributed by atoms with van der Waals surface area (Å²) in [5.74, 6) is 1.39. The molecule has 39 heavy (non-hydrogen) atoms. The van der Waals surface area contributed by atoms with Gasteiger partial charge in [0.1, 0.15) is 5.84 Å². The molecule has 0 bridgehead atoms. The standard InChI is InChI=1S/C30H32ClN5O3/c1-4-22-16-26(25-11-10-23(17-27(25)31)28-34-20(3)39-35-28)30(37)36(18-21-8-6-5-7-9-21)29(22)33-19(2)32-24-12-14-38-15-13-24/h4-11,16-17,19,24,32H,12-15,18H2,1-3H3/b22-4-,33-29+. The fourth-order valence-corrected chi connectivity index (χ4v) is 5.14. The molecule has 0 spiro atoms. The maximum absolute atomic E-state index is 14.1. The number of aliphatic imine (C=N–C) groups is 1. The highest BCUT2D eigenvalue weighted by atomic mass is 35.5. The zero-order valence-corrected chi connectivity index (χ0v) is 23.1. The smallest absolute Gasteiger partial charge is 0.260 e. The minimum absolute atomic E-state index is 0.161. The maximum atomic E-state index is 14.1. The summed E-state index contributed by atoms with van der Waals surface area (Å²) in [7, 11) is 0. The van der Waals surface area contributed by atoms with Crippen molar-refractivity contribution in [1.29, 1.82) is 0 Å². The van der Waals surface area contributed by atoms with Gasteiger partial charge < -0.3 is 9.26 Å². The third-order valence-corrected chi connectivity index (χ3v) is 7.16. The van der Waals surface area contributed by atoms with Crippen LogP contribution >= 0.6 is 11.6 Å². The summed E-state index contributed by atoms with van der Waals surface area (Å²) in [5, 5.41) is 8.00. The van der Waals surface area contributed by atoms with E-state index in [9.17, 15) is 4.79 Å². The Morgan fingerprint density at radius 3 is 2.64 bits per heavy atom. The fraction of sp³-hybridized carbons (Fsp3) is 0.333. The molecule has 0 aliphatic carbocycles. The SMILES string of the molecule is C/C=C1/C=C(c2ccc(-c3noc(C)n3)cc2Cl)C(=O)N(Cc2ccccc2)/C1=N/C(C)NC1CCOCC1. The van der Waals surface area contributed by atoms with Crippen LogP contribution in [0.25, 0.3) is 17.0 Å². The number of hydrogen-bond donors (Lipinski definition) is 1. The summed E-state index contributed by atoms with van der Waals surface area (Å²) in [4.78, 5) is 25.1. The van der Waals surface area contributed by atoms with Crippen LogP contribution < -0.4 is 5.32 Å². The molecule has 1 unspecified atom stereocenters. The second-order valence-corrected chi connectivity index (χ2v) is 10.1. The van der Waals surface area contributed by atoms with E-state index in [0.717, 1.165) is 37.2 Å². The fourth-order valence-electron chi connectivity index (χ4n) is 4.86. The second-order valence-electron chi connectivity index (χ2n) is 9.69. The molecular formula is C30H32ClN5O3. The van der Waals surface area contributed by atoms with Crippen molar-refractivity contribution in [2.24, 2.45) is 4.99 Å². The van der Waals surface area contributed by atoms with Gasteiger partial charge in [-0.3, -0.25) is 15.0 Å². The van der Waals surface area contributed by atoms with E-state index >= 15 is 0 Å².